The fourth-order valence-electron chi connectivity index (χ4n) is 4.91. The summed E-state index contributed by atoms with van der Waals surface area (Å²) in [5.41, 5.74) is 5.93. The Bertz CT molecular complexity index is 1070. The smallest absolute Gasteiger partial charge is 0.277 e. The van der Waals surface area contributed by atoms with Gasteiger partial charge in [-0.1, -0.05) is 24.6 Å². The predicted octanol–water partition coefficient (Wildman–Crippen LogP) is 2.60. The van der Waals surface area contributed by atoms with Crippen LogP contribution in [0.3, 0.4) is 0 Å². The second-order valence-corrected chi connectivity index (χ2v) is 8.38. The number of amides is 1. The van der Waals surface area contributed by atoms with Crippen LogP contribution < -0.4 is 10.4 Å². The summed E-state index contributed by atoms with van der Waals surface area (Å²) in [4.78, 5) is 25.0. The molecule has 0 aliphatic carbocycles. The van der Waals surface area contributed by atoms with E-state index in [2.05, 4.69) is 48.6 Å². The molecule has 0 unspecified atom stereocenters. The molecular weight excluding hydrogens is 392 g/mol. The number of para-hydroxylation sites is 1. The van der Waals surface area contributed by atoms with Gasteiger partial charge in [0.2, 0.25) is 5.95 Å². The van der Waals surface area contributed by atoms with Gasteiger partial charge >= 0.3 is 0 Å². The first-order chi connectivity index (χ1) is 15.2. The van der Waals surface area contributed by atoms with Crippen LogP contribution in [0.1, 0.15) is 40.9 Å². The van der Waals surface area contributed by atoms with Crippen LogP contribution in [0.2, 0.25) is 0 Å². The van der Waals surface area contributed by atoms with Crippen LogP contribution in [0.25, 0.3) is 10.9 Å². The Morgan fingerprint density at radius 1 is 1.03 bits per heavy atom. The number of hydroxylamine groups is 1. The summed E-state index contributed by atoms with van der Waals surface area (Å²) in [5.74, 6) is -0.00158. The highest BCUT2D eigenvalue weighted by Gasteiger charge is 2.25. The molecule has 5 rings (SSSR count). The number of nitrogens with one attached hydrogen (secondary N) is 1. The molecule has 8 heteroatoms. The van der Waals surface area contributed by atoms with Gasteiger partial charge in [-0.25, -0.2) is 15.4 Å². The maximum absolute atomic E-state index is 11.5. The number of rotatable bonds is 5. The second kappa shape index (κ2) is 8.64. The lowest BCUT2D eigenvalue weighted by Gasteiger charge is -2.30. The van der Waals surface area contributed by atoms with Crippen molar-refractivity contribution in [3.63, 3.8) is 0 Å². The van der Waals surface area contributed by atoms with Crippen LogP contribution in [-0.4, -0.2) is 56.7 Å². The first-order valence-corrected chi connectivity index (χ1v) is 11.1. The van der Waals surface area contributed by atoms with Crippen molar-refractivity contribution in [3.05, 3.63) is 53.5 Å². The number of nitrogens with zero attached hydrogens (tertiary/aromatic N) is 5. The summed E-state index contributed by atoms with van der Waals surface area (Å²) in [6, 6.07) is 8.71. The minimum atomic E-state index is -0.606. The summed E-state index contributed by atoms with van der Waals surface area (Å²) in [6.45, 7) is 6.05. The molecule has 8 nitrogen and oxygen atoms in total. The first kappa shape index (κ1) is 20.0. The lowest BCUT2D eigenvalue weighted by molar-refractivity contribution is 0.0705. The van der Waals surface area contributed by atoms with Crippen LogP contribution in [0.5, 0.6) is 0 Å². The Morgan fingerprint density at radius 2 is 1.81 bits per heavy atom. The molecule has 1 amide bonds. The number of anilines is 1. The summed E-state index contributed by atoms with van der Waals surface area (Å²) in [5, 5.41) is 10.1. The topological polar surface area (TPSA) is 86.5 Å². The fourth-order valence-corrected chi connectivity index (χ4v) is 4.91. The molecule has 4 heterocycles. The van der Waals surface area contributed by atoms with Gasteiger partial charge in [0, 0.05) is 48.6 Å². The molecule has 3 aromatic rings. The van der Waals surface area contributed by atoms with E-state index in [1.807, 2.05) is 0 Å². The average molecular weight is 421 g/mol. The van der Waals surface area contributed by atoms with E-state index in [-0.39, 0.29) is 5.56 Å². The van der Waals surface area contributed by atoms with Gasteiger partial charge in [0.25, 0.3) is 5.91 Å². The highest BCUT2D eigenvalue weighted by atomic mass is 16.5. The number of hydrogen-bond acceptors (Lipinski definition) is 6. The Labute approximate surface area is 181 Å². The molecule has 0 saturated carbocycles. The monoisotopic (exact) mass is 420 g/mol. The molecule has 31 heavy (non-hydrogen) atoms. The maximum atomic E-state index is 11.5. The number of aromatic nitrogens is 3. The lowest BCUT2D eigenvalue weighted by Crippen LogP contribution is -2.35. The molecule has 162 valence electrons. The standard InChI is InChI=1S/C23H28N6O2/c30-22(26-31)17-14-24-23(25-15-17)28-11-8-19-18-6-2-3-7-20(18)29(21(19)16-28)13-12-27-9-4-1-5-10-27/h2-3,6-7,14-15,31H,1,4-5,8-13,16H2,(H,26,30). The SMILES string of the molecule is O=C(NO)c1cnc(N2CCc3c(n(CCN4CCCCC4)c4ccccc34)C2)nc1. The largest absolute Gasteiger partial charge is 0.341 e. The van der Waals surface area contributed by atoms with E-state index in [1.165, 1.54) is 66.9 Å². The quantitative estimate of drug-likeness (QED) is 0.487. The Kier molecular flexibility index (Phi) is 5.57. The van der Waals surface area contributed by atoms with Gasteiger partial charge in [0.15, 0.2) is 0 Å². The van der Waals surface area contributed by atoms with E-state index in [1.54, 1.807) is 5.48 Å². The number of benzene rings is 1. The molecule has 0 atom stereocenters. The molecule has 0 spiro atoms. The van der Waals surface area contributed by atoms with E-state index in [0.717, 1.165) is 32.6 Å². The molecule has 1 saturated heterocycles. The Morgan fingerprint density at radius 3 is 2.58 bits per heavy atom. The highest BCUT2D eigenvalue weighted by Crippen LogP contribution is 2.32. The van der Waals surface area contributed by atoms with Gasteiger partial charge in [0.05, 0.1) is 12.1 Å². The molecular formula is C23H28N6O2. The van der Waals surface area contributed by atoms with Gasteiger partial charge < -0.3 is 14.4 Å². The summed E-state index contributed by atoms with van der Waals surface area (Å²) < 4.78 is 2.49. The second-order valence-electron chi connectivity index (χ2n) is 8.38. The van der Waals surface area contributed by atoms with Crippen LogP contribution in [0.15, 0.2) is 36.7 Å². The molecule has 2 aromatic heterocycles. The van der Waals surface area contributed by atoms with Crippen molar-refractivity contribution in [2.45, 2.75) is 38.8 Å². The van der Waals surface area contributed by atoms with Crippen molar-refractivity contribution in [2.24, 2.45) is 0 Å². The fraction of sp³-hybridized carbons (Fsp3) is 0.435. The van der Waals surface area contributed by atoms with E-state index in [4.69, 9.17) is 5.21 Å². The molecule has 2 aliphatic rings. The first-order valence-electron chi connectivity index (χ1n) is 11.1. The lowest BCUT2D eigenvalue weighted by atomic mass is 10.0. The number of carbonyl (C=O) groups is 1. The number of carbonyl (C=O) groups excluding carboxylic acids is 1. The number of piperidine rings is 1. The van der Waals surface area contributed by atoms with Gasteiger partial charge in [-0.05, 0) is 44.0 Å². The van der Waals surface area contributed by atoms with Crippen LogP contribution in [-0.2, 0) is 19.5 Å². The van der Waals surface area contributed by atoms with Gasteiger partial charge in [-0.2, -0.15) is 0 Å². The zero-order chi connectivity index (χ0) is 21.2. The minimum Gasteiger partial charge on any atom is -0.341 e. The molecule has 0 radical (unpaired) electrons. The number of fused-ring (bicyclic) bond motifs is 3. The average Bonchev–Trinajstić information content (AvgIpc) is 3.16. The van der Waals surface area contributed by atoms with Crippen molar-refractivity contribution in [3.8, 4) is 0 Å². The minimum absolute atomic E-state index is 0.236. The third-order valence-corrected chi connectivity index (χ3v) is 6.54. The zero-order valence-corrected chi connectivity index (χ0v) is 17.6. The van der Waals surface area contributed by atoms with Crippen molar-refractivity contribution in [2.75, 3.05) is 31.1 Å². The summed E-state index contributed by atoms with van der Waals surface area (Å²) in [6.07, 6.45) is 7.81. The van der Waals surface area contributed by atoms with E-state index < -0.39 is 5.91 Å². The Balaban J connectivity index is 1.42. The molecule has 1 fully saturated rings. The maximum Gasteiger partial charge on any atom is 0.277 e. The van der Waals surface area contributed by atoms with Crippen molar-refractivity contribution in [1.29, 1.82) is 0 Å². The van der Waals surface area contributed by atoms with Crippen molar-refractivity contribution >= 4 is 22.8 Å². The van der Waals surface area contributed by atoms with E-state index in [9.17, 15) is 4.79 Å². The predicted molar refractivity (Wildman–Crippen MR) is 118 cm³/mol. The van der Waals surface area contributed by atoms with Crippen molar-refractivity contribution < 1.29 is 10.0 Å². The molecule has 2 aliphatic heterocycles. The third-order valence-electron chi connectivity index (χ3n) is 6.54. The van der Waals surface area contributed by atoms with Gasteiger partial charge in [-0.3, -0.25) is 10.0 Å². The molecule has 2 N–H and O–H groups in total. The van der Waals surface area contributed by atoms with Crippen LogP contribution in [0.4, 0.5) is 5.95 Å². The third kappa shape index (κ3) is 3.88. The number of likely N-dealkylation sites (tertiary alicyclic amines) is 1. The molecule has 0 bridgehead atoms. The van der Waals surface area contributed by atoms with Gasteiger partial charge in [0.1, 0.15) is 0 Å². The number of hydrogen-bond donors (Lipinski definition) is 2. The highest BCUT2D eigenvalue weighted by molar-refractivity contribution is 5.92. The summed E-state index contributed by atoms with van der Waals surface area (Å²) >= 11 is 0. The summed E-state index contributed by atoms with van der Waals surface area (Å²) in [7, 11) is 0. The van der Waals surface area contributed by atoms with Crippen molar-refractivity contribution in [1.82, 2.24) is 24.9 Å². The Hall–Kier alpha value is -2.97. The normalized spacial score (nSPS) is 17.0. The van der Waals surface area contributed by atoms with E-state index in [0.29, 0.717) is 5.95 Å². The van der Waals surface area contributed by atoms with Crippen LogP contribution in [0, 0.1) is 0 Å². The zero-order valence-electron chi connectivity index (χ0n) is 17.6. The molecule has 1 aromatic carbocycles. The van der Waals surface area contributed by atoms with E-state index >= 15 is 0 Å². The van der Waals surface area contributed by atoms with Gasteiger partial charge in [-0.15, -0.1) is 0 Å². The van der Waals surface area contributed by atoms with Crippen LogP contribution >= 0.6 is 0 Å².